The Morgan fingerprint density at radius 2 is 1.43 bits per heavy atom. The fourth-order valence-corrected chi connectivity index (χ4v) is 5.93. The fourth-order valence-electron chi connectivity index (χ4n) is 5.93. The number of benzene rings is 3. The Morgan fingerprint density at radius 1 is 0.857 bits per heavy atom. The minimum absolute atomic E-state index is 0.0733. The zero-order valence-corrected chi connectivity index (χ0v) is 25.7. The van der Waals surface area contributed by atoms with E-state index < -0.39 is 11.8 Å². The van der Waals surface area contributed by atoms with Crippen molar-refractivity contribution in [2.75, 3.05) is 19.0 Å². The molecule has 3 aromatic rings. The molecular formula is C35H34CoN3O3-. The van der Waals surface area contributed by atoms with Gasteiger partial charge in [0.25, 0.3) is 0 Å². The van der Waals surface area contributed by atoms with Gasteiger partial charge in [0, 0.05) is 41.6 Å². The zero-order valence-electron chi connectivity index (χ0n) is 24.6. The summed E-state index contributed by atoms with van der Waals surface area (Å²) in [7, 11) is 4.37. The Labute approximate surface area is 255 Å². The van der Waals surface area contributed by atoms with E-state index in [2.05, 4.69) is 151 Å². The van der Waals surface area contributed by atoms with Gasteiger partial charge in [-0.1, -0.05) is 50.2 Å². The van der Waals surface area contributed by atoms with Gasteiger partial charge in [0.15, 0.2) is 5.71 Å². The van der Waals surface area contributed by atoms with E-state index >= 15 is 0 Å². The van der Waals surface area contributed by atoms with Gasteiger partial charge in [0.05, 0.1) is 17.2 Å². The number of likely N-dealkylation sites (N-methyl/N-ethyl adjacent to an activating group) is 1. The Bertz CT molecular complexity index is 1630. The molecule has 0 saturated carbocycles. The van der Waals surface area contributed by atoms with Gasteiger partial charge in [-0.3, -0.25) is 0 Å². The number of fused-ring (bicyclic) bond motifs is 2. The number of allylic oxidation sites excluding steroid dienone is 4. The summed E-state index contributed by atoms with van der Waals surface area (Å²) >= 11 is 2.31. The van der Waals surface area contributed by atoms with Crippen LogP contribution in [0.1, 0.15) is 44.4 Å². The first-order valence-electron chi connectivity index (χ1n) is 13.6. The van der Waals surface area contributed by atoms with E-state index in [1.165, 1.54) is 45.0 Å². The van der Waals surface area contributed by atoms with E-state index in [1.54, 1.807) is 0 Å². The van der Waals surface area contributed by atoms with Crippen LogP contribution in [-0.4, -0.2) is 36.2 Å². The SMILES string of the molecule is CN1C(=CC(=CC2=[N+](C)c3ccccc3C2(C)C)c2cc[c-]cc2)C(C)(C)c2ccccc21.O=C1C=CC(=O)[N-]1.[O]=[Co]. The molecule has 3 aromatic carbocycles. The first kappa shape index (κ1) is 30.7. The van der Waals surface area contributed by atoms with E-state index in [9.17, 15) is 9.59 Å². The van der Waals surface area contributed by atoms with E-state index in [1.807, 2.05) is 12.1 Å². The molecular weight excluding hydrogens is 569 g/mol. The maximum atomic E-state index is 9.98. The summed E-state index contributed by atoms with van der Waals surface area (Å²) in [6.07, 6.45) is 7.05. The van der Waals surface area contributed by atoms with Crippen LogP contribution < -0.4 is 4.90 Å². The third-order valence-electron chi connectivity index (χ3n) is 8.11. The molecule has 6 nitrogen and oxygen atoms in total. The summed E-state index contributed by atoms with van der Waals surface area (Å²) in [5, 5.41) is 3.00. The van der Waals surface area contributed by atoms with Crippen LogP contribution in [0.5, 0.6) is 0 Å². The molecule has 3 aliphatic rings. The molecule has 0 atom stereocenters. The number of imide groups is 1. The predicted octanol–water partition coefficient (Wildman–Crippen LogP) is 6.75. The fraction of sp³-hybridized carbons (Fsp3) is 0.229. The summed E-state index contributed by atoms with van der Waals surface area (Å²) in [6, 6.07) is 29.0. The predicted molar refractivity (Wildman–Crippen MR) is 163 cm³/mol. The maximum absolute atomic E-state index is 9.98. The van der Waals surface area contributed by atoms with Crippen molar-refractivity contribution in [3.8, 4) is 0 Å². The van der Waals surface area contributed by atoms with E-state index in [0.29, 0.717) is 0 Å². The van der Waals surface area contributed by atoms with Gasteiger partial charge < -0.3 is 19.8 Å². The molecule has 0 aliphatic carbocycles. The molecule has 0 unspecified atom stereocenters. The number of nitrogens with zero attached hydrogens (tertiary/aromatic N) is 3. The number of carbonyl (C=O) groups is 2. The van der Waals surface area contributed by atoms with Crippen molar-refractivity contribution in [2.45, 2.75) is 38.5 Å². The van der Waals surface area contributed by atoms with Gasteiger partial charge in [-0.25, -0.2) is 0 Å². The number of para-hydroxylation sites is 2. The summed E-state index contributed by atoms with van der Waals surface area (Å²) in [5.74, 6) is -0.907. The third kappa shape index (κ3) is 5.75. The van der Waals surface area contributed by atoms with Crippen LogP contribution in [0.15, 0.2) is 103 Å². The van der Waals surface area contributed by atoms with Crippen molar-refractivity contribution < 1.29 is 33.7 Å². The number of carbonyl (C=O) groups excluding carboxylic acids is 2. The average molecular weight is 604 g/mol. The van der Waals surface area contributed by atoms with Gasteiger partial charge >= 0.3 is 19.5 Å². The molecule has 0 N–H and O–H groups in total. The second-order valence-corrected chi connectivity index (χ2v) is 11.3. The first-order valence-corrected chi connectivity index (χ1v) is 14.0. The number of hydrogen-bond donors (Lipinski definition) is 0. The topological polar surface area (TPSA) is 71.6 Å². The standard InChI is InChI=1S/C31H32N2.C4H3NO2.Co.O/c1-30(2)24-16-10-12-18-26(24)32(5)28(30)20-23(22-14-8-7-9-15-22)21-29-31(3,4)25-17-11-13-19-27(25)33(29)6;6-3-1-2-4(7)5-3;;/h8-21H,1-6H3;1-2H,(H,5,6,7);;/p-1. The number of amides is 2. The average Bonchev–Trinajstić information content (AvgIpc) is 3.54. The van der Waals surface area contributed by atoms with E-state index in [0.717, 1.165) is 12.2 Å². The first-order chi connectivity index (χ1) is 20.0. The van der Waals surface area contributed by atoms with Crippen LogP contribution >= 0.6 is 0 Å². The molecule has 2 amide bonds. The van der Waals surface area contributed by atoms with Crippen LogP contribution in [0.3, 0.4) is 0 Å². The minimum atomic E-state index is -0.454. The van der Waals surface area contributed by atoms with Crippen molar-refractivity contribution in [1.82, 2.24) is 0 Å². The number of rotatable bonds is 3. The quantitative estimate of drug-likeness (QED) is 0.189. The molecule has 0 spiro atoms. The molecule has 7 heteroatoms. The Hall–Kier alpha value is -4.20. The second kappa shape index (κ2) is 12.3. The summed E-state index contributed by atoms with van der Waals surface area (Å²) in [5.41, 5.74) is 10.2. The normalized spacial score (nSPS) is 18.6. The monoisotopic (exact) mass is 603 g/mol. The molecule has 217 valence electrons. The molecule has 0 bridgehead atoms. The van der Waals surface area contributed by atoms with Crippen LogP contribution in [-0.2, 0) is 40.0 Å². The van der Waals surface area contributed by atoms with E-state index in [4.69, 9.17) is 3.87 Å². The molecule has 0 fully saturated rings. The Morgan fingerprint density at radius 3 is 1.98 bits per heavy atom. The van der Waals surface area contributed by atoms with Gasteiger partial charge in [0.1, 0.15) is 7.05 Å². The van der Waals surface area contributed by atoms with Crippen molar-refractivity contribution >= 4 is 34.5 Å². The van der Waals surface area contributed by atoms with E-state index in [-0.39, 0.29) is 10.8 Å². The van der Waals surface area contributed by atoms with Gasteiger partial charge in [0.2, 0.25) is 5.69 Å². The molecule has 42 heavy (non-hydrogen) atoms. The molecule has 6 rings (SSSR count). The summed E-state index contributed by atoms with van der Waals surface area (Å²) in [4.78, 5) is 22.3. The number of anilines is 1. The summed E-state index contributed by atoms with van der Waals surface area (Å²) < 4.78 is 10.3. The Balaban J connectivity index is 0.000000390. The summed E-state index contributed by atoms with van der Waals surface area (Å²) in [6.45, 7) is 9.30. The Kier molecular flexibility index (Phi) is 9.04. The van der Waals surface area contributed by atoms with Crippen LogP contribution in [0.25, 0.3) is 10.9 Å². The molecule has 3 aliphatic heterocycles. The molecule has 0 radical (unpaired) electrons. The van der Waals surface area contributed by atoms with Crippen LogP contribution in [0, 0.1) is 6.07 Å². The molecule has 0 aromatic heterocycles. The van der Waals surface area contributed by atoms with Gasteiger partial charge in [-0.15, -0.1) is 5.56 Å². The van der Waals surface area contributed by atoms with Gasteiger partial charge in [-0.2, -0.15) is 34.9 Å². The third-order valence-corrected chi connectivity index (χ3v) is 8.11. The number of hydrogen-bond acceptors (Lipinski definition) is 4. The second-order valence-electron chi connectivity index (χ2n) is 11.3. The van der Waals surface area contributed by atoms with Crippen molar-refractivity contribution in [1.29, 1.82) is 0 Å². The van der Waals surface area contributed by atoms with Gasteiger partial charge in [-0.05, 0) is 49.3 Å². The van der Waals surface area contributed by atoms with Crippen molar-refractivity contribution in [3.63, 3.8) is 0 Å². The van der Waals surface area contributed by atoms with Crippen LogP contribution in [0.2, 0.25) is 0 Å². The molecule has 0 saturated heterocycles. The van der Waals surface area contributed by atoms with Crippen LogP contribution in [0.4, 0.5) is 11.4 Å². The van der Waals surface area contributed by atoms with Crippen molar-refractivity contribution in [2.24, 2.45) is 0 Å². The zero-order chi connectivity index (χ0) is 30.7. The van der Waals surface area contributed by atoms with Crippen molar-refractivity contribution in [3.05, 3.63) is 131 Å². The molecule has 3 heterocycles.